The SMILES string of the molecule is CCCNC(C)(CCc1ccc(OC)cc1)CC(N)=O. The topological polar surface area (TPSA) is 64.3 Å². The summed E-state index contributed by atoms with van der Waals surface area (Å²) in [5.74, 6) is 0.601. The Morgan fingerprint density at radius 1 is 1.35 bits per heavy atom. The Morgan fingerprint density at radius 2 is 2.00 bits per heavy atom. The molecule has 0 saturated carbocycles. The first-order valence-electron chi connectivity index (χ1n) is 7.15. The molecule has 4 heteroatoms. The van der Waals surface area contributed by atoms with Crippen molar-refractivity contribution in [2.75, 3.05) is 13.7 Å². The van der Waals surface area contributed by atoms with E-state index in [1.165, 1.54) is 5.56 Å². The van der Waals surface area contributed by atoms with Gasteiger partial charge in [0.2, 0.25) is 5.91 Å². The second-order valence-corrected chi connectivity index (χ2v) is 5.48. The highest BCUT2D eigenvalue weighted by Crippen LogP contribution is 2.19. The number of nitrogens with one attached hydrogen (secondary N) is 1. The van der Waals surface area contributed by atoms with E-state index in [-0.39, 0.29) is 11.4 Å². The molecule has 0 spiro atoms. The van der Waals surface area contributed by atoms with Crippen LogP contribution in [0.5, 0.6) is 5.75 Å². The molecule has 20 heavy (non-hydrogen) atoms. The summed E-state index contributed by atoms with van der Waals surface area (Å²) in [6.07, 6.45) is 3.19. The third-order valence-electron chi connectivity index (χ3n) is 3.49. The van der Waals surface area contributed by atoms with Crippen LogP contribution >= 0.6 is 0 Å². The maximum Gasteiger partial charge on any atom is 0.219 e. The summed E-state index contributed by atoms with van der Waals surface area (Å²) in [5.41, 5.74) is 6.36. The number of nitrogens with two attached hydrogens (primary N) is 1. The van der Waals surface area contributed by atoms with Gasteiger partial charge in [-0.25, -0.2) is 0 Å². The van der Waals surface area contributed by atoms with Crippen LogP contribution in [-0.4, -0.2) is 25.1 Å². The Bertz CT molecular complexity index is 417. The molecule has 112 valence electrons. The summed E-state index contributed by atoms with van der Waals surface area (Å²) in [6.45, 7) is 5.07. The van der Waals surface area contributed by atoms with Crippen LogP contribution in [0.3, 0.4) is 0 Å². The molecule has 1 aromatic rings. The van der Waals surface area contributed by atoms with Gasteiger partial charge in [-0.1, -0.05) is 19.1 Å². The van der Waals surface area contributed by atoms with Crippen LogP contribution in [0.1, 0.15) is 38.7 Å². The third-order valence-corrected chi connectivity index (χ3v) is 3.49. The lowest BCUT2D eigenvalue weighted by Crippen LogP contribution is -2.46. The second-order valence-electron chi connectivity index (χ2n) is 5.48. The number of amides is 1. The molecule has 1 atom stereocenters. The van der Waals surface area contributed by atoms with Crippen molar-refractivity contribution in [1.82, 2.24) is 5.32 Å². The lowest BCUT2D eigenvalue weighted by atomic mass is 9.89. The van der Waals surface area contributed by atoms with Crippen LogP contribution in [0.2, 0.25) is 0 Å². The fourth-order valence-corrected chi connectivity index (χ4v) is 2.26. The van der Waals surface area contributed by atoms with Gasteiger partial charge in [-0.05, 0) is 50.4 Å². The van der Waals surface area contributed by atoms with E-state index in [0.29, 0.717) is 6.42 Å². The van der Waals surface area contributed by atoms with Crippen molar-refractivity contribution >= 4 is 5.91 Å². The first kappa shape index (κ1) is 16.5. The van der Waals surface area contributed by atoms with Gasteiger partial charge in [0.05, 0.1) is 7.11 Å². The highest BCUT2D eigenvalue weighted by Gasteiger charge is 2.25. The highest BCUT2D eigenvalue weighted by atomic mass is 16.5. The van der Waals surface area contributed by atoms with Crippen molar-refractivity contribution in [1.29, 1.82) is 0 Å². The zero-order valence-corrected chi connectivity index (χ0v) is 12.7. The predicted molar refractivity (Wildman–Crippen MR) is 81.8 cm³/mol. The Morgan fingerprint density at radius 3 is 2.50 bits per heavy atom. The van der Waals surface area contributed by atoms with Gasteiger partial charge in [0.1, 0.15) is 5.75 Å². The van der Waals surface area contributed by atoms with Gasteiger partial charge in [0, 0.05) is 12.0 Å². The monoisotopic (exact) mass is 278 g/mol. The third kappa shape index (κ3) is 5.61. The van der Waals surface area contributed by atoms with Crippen LogP contribution in [0.15, 0.2) is 24.3 Å². The number of ether oxygens (including phenoxy) is 1. The van der Waals surface area contributed by atoms with Crippen molar-refractivity contribution in [3.05, 3.63) is 29.8 Å². The molecule has 1 rings (SSSR count). The van der Waals surface area contributed by atoms with E-state index in [2.05, 4.69) is 31.3 Å². The summed E-state index contributed by atoms with van der Waals surface area (Å²) < 4.78 is 5.15. The average molecular weight is 278 g/mol. The largest absolute Gasteiger partial charge is 0.497 e. The molecule has 3 N–H and O–H groups in total. The van der Waals surface area contributed by atoms with Crippen LogP contribution < -0.4 is 15.8 Å². The molecule has 0 saturated heterocycles. The number of aryl methyl sites for hydroxylation is 1. The van der Waals surface area contributed by atoms with Gasteiger partial charge < -0.3 is 15.8 Å². The van der Waals surface area contributed by atoms with Gasteiger partial charge in [0.15, 0.2) is 0 Å². The number of benzene rings is 1. The van der Waals surface area contributed by atoms with Gasteiger partial charge >= 0.3 is 0 Å². The van der Waals surface area contributed by atoms with Crippen LogP contribution in [0.4, 0.5) is 0 Å². The van der Waals surface area contributed by atoms with E-state index in [9.17, 15) is 4.79 Å². The van der Waals surface area contributed by atoms with Crippen molar-refractivity contribution in [3.8, 4) is 5.75 Å². The quantitative estimate of drug-likeness (QED) is 0.728. The molecular formula is C16H26N2O2. The van der Waals surface area contributed by atoms with Crippen LogP contribution in [-0.2, 0) is 11.2 Å². The molecule has 1 aromatic carbocycles. The standard InChI is InChI=1S/C16H26N2O2/c1-4-11-18-16(2,12-15(17)19)10-9-13-5-7-14(20-3)8-6-13/h5-8,18H,4,9-12H2,1-3H3,(H2,17,19). The number of hydrogen-bond acceptors (Lipinski definition) is 3. The summed E-state index contributed by atoms with van der Waals surface area (Å²) in [7, 11) is 1.66. The first-order valence-corrected chi connectivity index (χ1v) is 7.15. The summed E-state index contributed by atoms with van der Waals surface area (Å²) in [6, 6.07) is 8.03. The Kier molecular flexibility index (Phi) is 6.52. The van der Waals surface area contributed by atoms with Crippen molar-refractivity contribution in [2.45, 2.75) is 45.1 Å². The van der Waals surface area contributed by atoms with E-state index < -0.39 is 0 Å². The average Bonchev–Trinajstić information content (AvgIpc) is 2.43. The highest BCUT2D eigenvalue weighted by molar-refractivity contribution is 5.75. The van der Waals surface area contributed by atoms with E-state index in [1.807, 2.05) is 12.1 Å². The molecule has 0 radical (unpaired) electrons. The van der Waals surface area contributed by atoms with E-state index in [0.717, 1.165) is 31.6 Å². The van der Waals surface area contributed by atoms with E-state index in [4.69, 9.17) is 10.5 Å². The second kappa shape index (κ2) is 7.90. The number of primary amides is 1. The number of hydrogen-bond donors (Lipinski definition) is 2. The molecule has 0 aliphatic carbocycles. The fourth-order valence-electron chi connectivity index (χ4n) is 2.26. The minimum Gasteiger partial charge on any atom is -0.497 e. The molecule has 1 unspecified atom stereocenters. The molecule has 0 heterocycles. The van der Waals surface area contributed by atoms with Crippen molar-refractivity contribution in [3.63, 3.8) is 0 Å². The molecule has 0 aliphatic heterocycles. The Labute approximate surface area is 121 Å². The van der Waals surface area contributed by atoms with Crippen molar-refractivity contribution in [2.24, 2.45) is 5.73 Å². The summed E-state index contributed by atoms with van der Waals surface area (Å²) in [4.78, 5) is 11.2. The smallest absolute Gasteiger partial charge is 0.219 e. The maximum atomic E-state index is 11.2. The van der Waals surface area contributed by atoms with Gasteiger partial charge in [-0.2, -0.15) is 0 Å². The minimum atomic E-state index is -0.258. The Hall–Kier alpha value is -1.55. The maximum absolute atomic E-state index is 11.2. The van der Waals surface area contributed by atoms with E-state index in [1.54, 1.807) is 7.11 Å². The molecule has 1 amide bonds. The van der Waals surface area contributed by atoms with Crippen LogP contribution in [0.25, 0.3) is 0 Å². The number of rotatable bonds is 9. The van der Waals surface area contributed by atoms with Gasteiger partial charge in [-0.15, -0.1) is 0 Å². The molecular weight excluding hydrogens is 252 g/mol. The molecule has 0 bridgehead atoms. The molecule has 0 fully saturated rings. The lowest BCUT2D eigenvalue weighted by Gasteiger charge is -2.30. The zero-order valence-electron chi connectivity index (χ0n) is 12.7. The molecule has 4 nitrogen and oxygen atoms in total. The predicted octanol–water partition coefficient (Wildman–Crippen LogP) is 2.26. The summed E-state index contributed by atoms with van der Waals surface area (Å²) in [5, 5.41) is 3.44. The van der Waals surface area contributed by atoms with Gasteiger partial charge in [-0.3, -0.25) is 4.79 Å². The lowest BCUT2D eigenvalue weighted by molar-refractivity contribution is -0.119. The molecule has 0 aliphatic rings. The Balaban J connectivity index is 2.61. The first-order chi connectivity index (χ1) is 9.49. The number of carbonyl (C=O) groups is 1. The number of carbonyl (C=O) groups excluding carboxylic acids is 1. The summed E-state index contributed by atoms with van der Waals surface area (Å²) >= 11 is 0. The number of methoxy groups -OCH3 is 1. The van der Waals surface area contributed by atoms with Gasteiger partial charge in [0.25, 0.3) is 0 Å². The zero-order chi connectivity index (χ0) is 15.0. The van der Waals surface area contributed by atoms with E-state index >= 15 is 0 Å². The van der Waals surface area contributed by atoms with Crippen LogP contribution in [0, 0.1) is 0 Å². The molecule has 0 aromatic heterocycles. The fraction of sp³-hybridized carbons (Fsp3) is 0.562. The van der Waals surface area contributed by atoms with Crippen molar-refractivity contribution < 1.29 is 9.53 Å². The normalized spacial score (nSPS) is 13.8. The minimum absolute atomic E-state index is 0.234.